The fourth-order valence-corrected chi connectivity index (χ4v) is 3.54. The second-order valence-electron chi connectivity index (χ2n) is 5.01. The molecule has 0 radical (unpaired) electrons. The standard InChI is InChI=1S/C16H19NO3S/c1-11-9-13(3)16(10-12(11)2)21(18,19)17-14-7-5-6-8-15(14)20-4/h5-10,17H,1-4H3. The molecule has 0 saturated heterocycles. The molecule has 21 heavy (non-hydrogen) atoms. The Labute approximate surface area is 125 Å². The molecule has 5 heteroatoms. The summed E-state index contributed by atoms with van der Waals surface area (Å²) in [4.78, 5) is 0.288. The van der Waals surface area contributed by atoms with Gasteiger partial charge in [-0.3, -0.25) is 4.72 Å². The molecule has 0 spiro atoms. The summed E-state index contributed by atoms with van der Waals surface area (Å²) in [7, 11) is -2.14. The molecule has 0 heterocycles. The third-order valence-electron chi connectivity index (χ3n) is 3.43. The molecule has 2 aromatic carbocycles. The lowest BCUT2D eigenvalue weighted by atomic mass is 10.1. The van der Waals surface area contributed by atoms with Crippen molar-refractivity contribution in [3.8, 4) is 5.75 Å². The van der Waals surface area contributed by atoms with E-state index in [2.05, 4.69) is 4.72 Å². The summed E-state index contributed by atoms with van der Waals surface area (Å²) in [6, 6.07) is 10.5. The van der Waals surface area contributed by atoms with E-state index in [1.165, 1.54) is 7.11 Å². The van der Waals surface area contributed by atoms with Gasteiger partial charge in [-0.05, 0) is 55.7 Å². The van der Waals surface area contributed by atoms with Gasteiger partial charge in [0.25, 0.3) is 10.0 Å². The number of hydrogen-bond donors (Lipinski definition) is 1. The second-order valence-corrected chi connectivity index (χ2v) is 6.66. The molecule has 2 rings (SSSR count). The van der Waals surface area contributed by atoms with E-state index in [1.54, 1.807) is 37.3 Å². The number of rotatable bonds is 4. The number of para-hydroxylation sites is 2. The quantitative estimate of drug-likeness (QED) is 0.941. The maximum atomic E-state index is 12.6. The highest BCUT2D eigenvalue weighted by Crippen LogP contribution is 2.28. The van der Waals surface area contributed by atoms with Gasteiger partial charge in [-0.25, -0.2) is 8.42 Å². The molecule has 0 aliphatic rings. The summed E-state index contributed by atoms with van der Waals surface area (Å²) < 4.78 is 32.9. The molecule has 0 bridgehead atoms. The van der Waals surface area contributed by atoms with Crippen LogP contribution in [0, 0.1) is 20.8 Å². The van der Waals surface area contributed by atoms with Crippen LogP contribution in [0.2, 0.25) is 0 Å². The molecule has 0 amide bonds. The molecule has 0 aliphatic carbocycles. The molecule has 2 aromatic rings. The summed E-state index contributed by atoms with van der Waals surface area (Å²) in [6.07, 6.45) is 0. The highest BCUT2D eigenvalue weighted by atomic mass is 32.2. The molecule has 0 aliphatic heterocycles. The van der Waals surface area contributed by atoms with Gasteiger partial charge < -0.3 is 4.74 Å². The minimum Gasteiger partial charge on any atom is -0.495 e. The molecule has 0 unspecified atom stereocenters. The predicted molar refractivity (Wildman–Crippen MR) is 84.5 cm³/mol. The number of nitrogens with one attached hydrogen (secondary N) is 1. The van der Waals surface area contributed by atoms with Crippen molar-refractivity contribution in [1.82, 2.24) is 0 Å². The van der Waals surface area contributed by atoms with Crippen molar-refractivity contribution in [3.63, 3.8) is 0 Å². The molecule has 0 atom stereocenters. The Bertz CT molecular complexity index is 767. The minimum atomic E-state index is -3.65. The number of hydrogen-bond acceptors (Lipinski definition) is 3. The van der Waals surface area contributed by atoms with Crippen LogP contribution in [0.5, 0.6) is 5.75 Å². The van der Waals surface area contributed by atoms with Crippen LogP contribution in [0.25, 0.3) is 0 Å². The van der Waals surface area contributed by atoms with Gasteiger partial charge in [0.2, 0.25) is 0 Å². The van der Waals surface area contributed by atoms with Crippen LogP contribution in [0.1, 0.15) is 16.7 Å². The van der Waals surface area contributed by atoms with Crippen molar-refractivity contribution in [2.75, 3.05) is 11.8 Å². The molecule has 0 saturated carbocycles. The maximum absolute atomic E-state index is 12.6. The molecular formula is C16H19NO3S. The van der Waals surface area contributed by atoms with Gasteiger partial charge in [-0.1, -0.05) is 18.2 Å². The summed E-state index contributed by atoms with van der Waals surface area (Å²) in [5.74, 6) is 0.488. The third kappa shape index (κ3) is 3.19. The first-order valence-electron chi connectivity index (χ1n) is 6.59. The SMILES string of the molecule is COc1ccccc1NS(=O)(=O)c1cc(C)c(C)cc1C. The van der Waals surface area contributed by atoms with E-state index in [0.717, 1.165) is 16.7 Å². The topological polar surface area (TPSA) is 55.4 Å². The lowest BCUT2D eigenvalue weighted by Gasteiger charge is -2.14. The Morgan fingerprint density at radius 3 is 2.24 bits per heavy atom. The van der Waals surface area contributed by atoms with E-state index < -0.39 is 10.0 Å². The van der Waals surface area contributed by atoms with Gasteiger partial charge in [0.15, 0.2) is 0 Å². The largest absolute Gasteiger partial charge is 0.495 e. The highest BCUT2D eigenvalue weighted by Gasteiger charge is 2.19. The number of methoxy groups -OCH3 is 1. The van der Waals surface area contributed by atoms with Crippen LogP contribution >= 0.6 is 0 Å². The Kier molecular flexibility index (Phi) is 4.23. The Balaban J connectivity index is 2.46. The first kappa shape index (κ1) is 15.4. The average Bonchev–Trinajstić information content (AvgIpc) is 2.43. The maximum Gasteiger partial charge on any atom is 0.262 e. The highest BCUT2D eigenvalue weighted by molar-refractivity contribution is 7.92. The molecule has 0 aromatic heterocycles. The summed E-state index contributed by atoms with van der Waals surface area (Å²) >= 11 is 0. The first-order valence-corrected chi connectivity index (χ1v) is 8.07. The summed E-state index contributed by atoms with van der Waals surface area (Å²) in [5, 5.41) is 0. The smallest absolute Gasteiger partial charge is 0.262 e. The average molecular weight is 305 g/mol. The normalized spacial score (nSPS) is 11.2. The Morgan fingerprint density at radius 1 is 0.952 bits per heavy atom. The Morgan fingerprint density at radius 2 is 1.57 bits per heavy atom. The zero-order valence-electron chi connectivity index (χ0n) is 12.6. The molecular weight excluding hydrogens is 286 g/mol. The van der Waals surface area contributed by atoms with E-state index >= 15 is 0 Å². The van der Waals surface area contributed by atoms with E-state index in [9.17, 15) is 8.42 Å². The van der Waals surface area contributed by atoms with Gasteiger partial charge in [-0.15, -0.1) is 0 Å². The first-order chi connectivity index (χ1) is 9.85. The summed E-state index contributed by atoms with van der Waals surface area (Å²) in [5.41, 5.74) is 3.17. The number of benzene rings is 2. The van der Waals surface area contributed by atoms with Crippen LogP contribution in [0.3, 0.4) is 0 Å². The van der Waals surface area contributed by atoms with Gasteiger partial charge in [0.1, 0.15) is 5.75 Å². The van der Waals surface area contributed by atoms with Crippen molar-refractivity contribution >= 4 is 15.7 Å². The third-order valence-corrected chi connectivity index (χ3v) is 4.94. The zero-order chi connectivity index (χ0) is 15.6. The van der Waals surface area contributed by atoms with E-state index in [0.29, 0.717) is 11.4 Å². The molecule has 112 valence electrons. The van der Waals surface area contributed by atoms with Crippen molar-refractivity contribution in [1.29, 1.82) is 0 Å². The second kappa shape index (κ2) is 5.77. The lowest BCUT2D eigenvalue weighted by molar-refractivity contribution is 0.417. The number of ether oxygens (including phenoxy) is 1. The molecule has 0 fully saturated rings. The van der Waals surface area contributed by atoms with E-state index in [4.69, 9.17) is 4.74 Å². The number of aryl methyl sites for hydroxylation is 3. The Hall–Kier alpha value is -2.01. The zero-order valence-corrected chi connectivity index (χ0v) is 13.4. The van der Waals surface area contributed by atoms with E-state index in [1.807, 2.05) is 19.9 Å². The minimum absolute atomic E-state index is 0.288. The van der Waals surface area contributed by atoms with Crippen LogP contribution in [-0.4, -0.2) is 15.5 Å². The summed E-state index contributed by atoms with van der Waals surface area (Å²) in [6.45, 7) is 5.66. The molecule has 4 nitrogen and oxygen atoms in total. The van der Waals surface area contributed by atoms with Crippen molar-refractivity contribution in [2.45, 2.75) is 25.7 Å². The van der Waals surface area contributed by atoms with Crippen molar-refractivity contribution in [2.24, 2.45) is 0 Å². The van der Waals surface area contributed by atoms with Crippen LogP contribution in [-0.2, 0) is 10.0 Å². The van der Waals surface area contributed by atoms with Crippen LogP contribution in [0.4, 0.5) is 5.69 Å². The van der Waals surface area contributed by atoms with Gasteiger partial charge in [-0.2, -0.15) is 0 Å². The van der Waals surface area contributed by atoms with Crippen molar-refractivity contribution in [3.05, 3.63) is 53.1 Å². The fraction of sp³-hybridized carbons (Fsp3) is 0.250. The number of anilines is 1. The van der Waals surface area contributed by atoms with E-state index in [-0.39, 0.29) is 4.90 Å². The van der Waals surface area contributed by atoms with Gasteiger partial charge in [0.05, 0.1) is 17.7 Å². The number of sulfonamides is 1. The van der Waals surface area contributed by atoms with Gasteiger partial charge in [0, 0.05) is 0 Å². The van der Waals surface area contributed by atoms with Crippen LogP contribution in [0.15, 0.2) is 41.3 Å². The fourth-order valence-electron chi connectivity index (χ4n) is 2.15. The lowest BCUT2D eigenvalue weighted by Crippen LogP contribution is -2.15. The predicted octanol–water partition coefficient (Wildman–Crippen LogP) is 3.42. The van der Waals surface area contributed by atoms with Crippen LogP contribution < -0.4 is 9.46 Å². The monoisotopic (exact) mass is 305 g/mol. The molecule has 1 N–H and O–H groups in total. The van der Waals surface area contributed by atoms with Crippen molar-refractivity contribution < 1.29 is 13.2 Å². The van der Waals surface area contributed by atoms with Gasteiger partial charge >= 0.3 is 0 Å².